The molecule has 2 aromatic carbocycles. The zero-order valence-electron chi connectivity index (χ0n) is 11.7. The van der Waals surface area contributed by atoms with E-state index in [1.165, 1.54) is 11.6 Å². The van der Waals surface area contributed by atoms with Gasteiger partial charge in [0.1, 0.15) is 0 Å². The van der Waals surface area contributed by atoms with Crippen molar-refractivity contribution in [2.45, 2.75) is 12.5 Å². The Kier molecular flexibility index (Phi) is 3.03. The van der Waals surface area contributed by atoms with E-state index in [0.29, 0.717) is 0 Å². The van der Waals surface area contributed by atoms with Crippen LogP contribution in [0.5, 0.6) is 11.5 Å². The Morgan fingerprint density at radius 1 is 1.05 bits per heavy atom. The van der Waals surface area contributed by atoms with Crippen molar-refractivity contribution in [3.05, 3.63) is 58.2 Å². The van der Waals surface area contributed by atoms with Crippen molar-refractivity contribution in [3.63, 3.8) is 0 Å². The average Bonchev–Trinajstić information content (AvgIpc) is 2.88. The maximum absolute atomic E-state index is 9.75. The highest BCUT2D eigenvalue weighted by Crippen LogP contribution is 2.36. The lowest BCUT2D eigenvalue weighted by molar-refractivity contribution is 0.402. The maximum atomic E-state index is 9.75. The van der Waals surface area contributed by atoms with E-state index < -0.39 is 0 Å². The topological polar surface area (TPSA) is 68.3 Å². The smallest absolute Gasteiger partial charge is 0.157 e. The molecule has 5 heteroatoms. The van der Waals surface area contributed by atoms with Gasteiger partial charge in [-0.15, -0.1) is 0 Å². The van der Waals surface area contributed by atoms with Crippen molar-refractivity contribution in [1.82, 2.24) is 10.3 Å². The minimum atomic E-state index is -0.108. The van der Waals surface area contributed by atoms with Crippen LogP contribution in [0.15, 0.2) is 36.4 Å². The molecule has 0 bridgehead atoms. The van der Waals surface area contributed by atoms with Gasteiger partial charge in [-0.3, -0.25) is 0 Å². The van der Waals surface area contributed by atoms with E-state index in [0.717, 1.165) is 40.1 Å². The normalized spacial score (nSPS) is 17.6. The van der Waals surface area contributed by atoms with Gasteiger partial charge < -0.3 is 20.5 Å². The molecule has 0 radical (unpaired) electrons. The first kappa shape index (κ1) is 13.5. The lowest BCUT2D eigenvalue weighted by Crippen LogP contribution is -2.30. The van der Waals surface area contributed by atoms with Crippen molar-refractivity contribution in [1.29, 1.82) is 0 Å². The van der Waals surface area contributed by atoms with E-state index in [1.807, 2.05) is 24.3 Å². The van der Waals surface area contributed by atoms with Gasteiger partial charge in [0.15, 0.2) is 11.5 Å². The molecule has 4 rings (SSSR count). The summed E-state index contributed by atoms with van der Waals surface area (Å²) in [5, 5.41) is 24.6. The molecule has 0 spiro atoms. The van der Waals surface area contributed by atoms with E-state index in [9.17, 15) is 10.2 Å². The standard InChI is InChI=1S/C17H15ClN2O2/c18-10-2-3-13-12(8-10)11-5-6-19-16(17(11)20-13)9-1-4-14(21)15(22)7-9/h1-4,7-8,16,19-22H,5-6H2. The summed E-state index contributed by atoms with van der Waals surface area (Å²) in [6.07, 6.45) is 0.927. The highest BCUT2D eigenvalue weighted by molar-refractivity contribution is 6.31. The summed E-state index contributed by atoms with van der Waals surface area (Å²) < 4.78 is 0. The average molecular weight is 315 g/mol. The molecule has 4 N–H and O–H groups in total. The Hall–Kier alpha value is -2.17. The fourth-order valence-electron chi connectivity index (χ4n) is 3.20. The van der Waals surface area contributed by atoms with Gasteiger partial charge in [0.2, 0.25) is 0 Å². The van der Waals surface area contributed by atoms with Crippen molar-refractivity contribution in [3.8, 4) is 11.5 Å². The predicted octanol–water partition coefficient (Wildman–Crippen LogP) is 3.47. The van der Waals surface area contributed by atoms with Gasteiger partial charge in [0.05, 0.1) is 6.04 Å². The highest BCUT2D eigenvalue weighted by atomic mass is 35.5. The second-order valence-corrected chi connectivity index (χ2v) is 6.03. The summed E-state index contributed by atoms with van der Waals surface area (Å²) in [7, 11) is 0. The number of aromatic hydroxyl groups is 2. The molecule has 3 aromatic rings. The first-order valence-corrected chi connectivity index (χ1v) is 7.56. The minimum Gasteiger partial charge on any atom is -0.504 e. The molecule has 1 atom stereocenters. The van der Waals surface area contributed by atoms with Crippen LogP contribution in [0, 0.1) is 0 Å². The lowest BCUT2D eigenvalue weighted by atomic mass is 9.94. The molecule has 22 heavy (non-hydrogen) atoms. The maximum Gasteiger partial charge on any atom is 0.157 e. The number of phenols is 2. The van der Waals surface area contributed by atoms with E-state index in [2.05, 4.69) is 10.3 Å². The molecule has 1 aliphatic heterocycles. The number of rotatable bonds is 1. The van der Waals surface area contributed by atoms with Crippen LogP contribution in [0.2, 0.25) is 5.02 Å². The highest BCUT2D eigenvalue weighted by Gasteiger charge is 2.25. The molecule has 0 amide bonds. The number of phenolic OH excluding ortho intramolecular Hbond substituents is 2. The third-order valence-electron chi connectivity index (χ3n) is 4.25. The summed E-state index contributed by atoms with van der Waals surface area (Å²) in [5.74, 6) is -0.214. The molecule has 0 saturated carbocycles. The molecule has 1 aliphatic rings. The Labute approximate surface area is 132 Å². The molecule has 112 valence electrons. The first-order valence-electron chi connectivity index (χ1n) is 7.19. The van der Waals surface area contributed by atoms with Crippen molar-refractivity contribution in [2.75, 3.05) is 6.54 Å². The van der Waals surface area contributed by atoms with Gasteiger partial charge in [0.25, 0.3) is 0 Å². The largest absolute Gasteiger partial charge is 0.504 e. The van der Waals surface area contributed by atoms with E-state index >= 15 is 0 Å². The van der Waals surface area contributed by atoms with Crippen LogP contribution in [-0.4, -0.2) is 21.7 Å². The summed E-state index contributed by atoms with van der Waals surface area (Å²) in [6.45, 7) is 0.846. The van der Waals surface area contributed by atoms with Gasteiger partial charge in [-0.2, -0.15) is 0 Å². The van der Waals surface area contributed by atoms with Crippen LogP contribution >= 0.6 is 11.6 Å². The molecule has 0 fully saturated rings. The quantitative estimate of drug-likeness (QED) is 0.520. The van der Waals surface area contributed by atoms with Crippen LogP contribution in [0.3, 0.4) is 0 Å². The summed E-state index contributed by atoms with van der Waals surface area (Å²) in [5.41, 5.74) is 4.32. The number of aromatic nitrogens is 1. The summed E-state index contributed by atoms with van der Waals surface area (Å²) in [6, 6.07) is 10.7. The third-order valence-corrected chi connectivity index (χ3v) is 4.48. The van der Waals surface area contributed by atoms with Gasteiger partial charge >= 0.3 is 0 Å². The predicted molar refractivity (Wildman–Crippen MR) is 86.6 cm³/mol. The van der Waals surface area contributed by atoms with Crippen LogP contribution in [0.1, 0.15) is 22.9 Å². The molecule has 1 aromatic heterocycles. The summed E-state index contributed by atoms with van der Waals surface area (Å²) in [4.78, 5) is 3.46. The Balaban J connectivity index is 1.88. The first-order chi connectivity index (χ1) is 10.6. The number of nitrogens with one attached hydrogen (secondary N) is 2. The minimum absolute atomic E-state index is 0.0403. The Bertz CT molecular complexity index is 872. The fourth-order valence-corrected chi connectivity index (χ4v) is 3.38. The second kappa shape index (κ2) is 4.93. The van der Waals surface area contributed by atoms with Crippen molar-refractivity contribution in [2.24, 2.45) is 0 Å². The van der Waals surface area contributed by atoms with Crippen LogP contribution in [0.25, 0.3) is 10.9 Å². The monoisotopic (exact) mass is 314 g/mol. The molecule has 1 unspecified atom stereocenters. The van der Waals surface area contributed by atoms with Crippen molar-refractivity contribution < 1.29 is 10.2 Å². The van der Waals surface area contributed by atoms with Crippen LogP contribution in [0.4, 0.5) is 0 Å². The van der Waals surface area contributed by atoms with E-state index in [-0.39, 0.29) is 17.5 Å². The number of fused-ring (bicyclic) bond motifs is 3. The van der Waals surface area contributed by atoms with Crippen LogP contribution in [-0.2, 0) is 6.42 Å². The zero-order chi connectivity index (χ0) is 15.3. The number of hydrogen-bond acceptors (Lipinski definition) is 3. The SMILES string of the molecule is Oc1ccc(C2NCCc3c2[nH]c2ccc(Cl)cc32)cc1O. The number of benzene rings is 2. The van der Waals surface area contributed by atoms with E-state index in [1.54, 1.807) is 6.07 Å². The molecular weight excluding hydrogens is 300 g/mol. The molecule has 2 heterocycles. The molecule has 0 aliphatic carbocycles. The van der Waals surface area contributed by atoms with Gasteiger partial charge in [0, 0.05) is 28.2 Å². The third kappa shape index (κ3) is 2.03. The summed E-state index contributed by atoms with van der Waals surface area (Å²) >= 11 is 6.12. The van der Waals surface area contributed by atoms with Gasteiger partial charge in [-0.25, -0.2) is 0 Å². The fraction of sp³-hybridized carbons (Fsp3) is 0.176. The number of aromatic amines is 1. The van der Waals surface area contributed by atoms with Crippen LogP contribution < -0.4 is 5.32 Å². The Morgan fingerprint density at radius 2 is 1.91 bits per heavy atom. The van der Waals surface area contributed by atoms with Crippen molar-refractivity contribution >= 4 is 22.5 Å². The van der Waals surface area contributed by atoms with Gasteiger partial charge in [-0.05, 0) is 47.9 Å². The zero-order valence-corrected chi connectivity index (χ0v) is 12.5. The number of H-pyrrole nitrogens is 1. The molecule has 0 saturated heterocycles. The molecule has 4 nitrogen and oxygen atoms in total. The number of halogens is 1. The van der Waals surface area contributed by atoms with Gasteiger partial charge in [-0.1, -0.05) is 17.7 Å². The second-order valence-electron chi connectivity index (χ2n) is 5.59. The number of hydrogen-bond donors (Lipinski definition) is 4. The lowest BCUT2D eigenvalue weighted by Gasteiger charge is -2.25. The van der Waals surface area contributed by atoms with E-state index in [4.69, 9.17) is 11.6 Å². The molecular formula is C17H15ClN2O2. The Morgan fingerprint density at radius 3 is 2.73 bits per heavy atom.